The Balaban J connectivity index is 3.08. The number of carbonyl (C=O) groups is 2. The van der Waals surface area contributed by atoms with E-state index in [1.165, 1.54) is 23.7 Å². The fourth-order valence-electron chi connectivity index (χ4n) is 4.10. The van der Waals surface area contributed by atoms with Crippen LogP contribution in [0, 0.1) is 0 Å². The number of amides is 1. The third kappa shape index (κ3) is 51.1. The van der Waals surface area contributed by atoms with Crippen LogP contribution in [0.3, 0.4) is 0 Å². The van der Waals surface area contributed by atoms with Crippen LogP contribution in [-0.4, -0.2) is 200 Å². The molecule has 18 heteroatoms. The summed E-state index contributed by atoms with van der Waals surface area (Å²) < 4.78 is 72.5. The molecule has 0 unspecified atom stereocenters. The summed E-state index contributed by atoms with van der Waals surface area (Å²) in [5.41, 5.74) is 0. The van der Waals surface area contributed by atoms with E-state index in [-0.39, 0.29) is 18.7 Å². The van der Waals surface area contributed by atoms with Gasteiger partial charge in [-0.2, -0.15) is 0 Å². The van der Waals surface area contributed by atoms with Gasteiger partial charge in [-0.25, -0.2) is 0 Å². The fraction of sp³-hybridized carbons (Fsp3) is 0.946. The molecule has 0 aromatic carbocycles. The van der Waals surface area contributed by atoms with Crippen LogP contribution in [0.5, 0.6) is 0 Å². The maximum atomic E-state index is 11.4. The van der Waals surface area contributed by atoms with E-state index in [1.54, 1.807) is 0 Å². The first-order valence-corrected chi connectivity index (χ1v) is 21.2. The summed E-state index contributed by atoms with van der Waals surface area (Å²) in [6, 6.07) is 0. The van der Waals surface area contributed by atoms with Crippen LogP contribution in [0.1, 0.15) is 44.9 Å². The van der Waals surface area contributed by atoms with E-state index in [2.05, 4.69) is 27.9 Å². The molecular formula is C37H72INO16. The van der Waals surface area contributed by atoms with Gasteiger partial charge in [-0.1, -0.05) is 35.4 Å². The smallest absolute Gasteiger partial charge is 0.303 e. The average Bonchev–Trinajstić information content (AvgIpc) is 3.18. The summed E-state index contributed by atoms with van der Waals surface area (Å²) in [6.07, 6.45) is 5.43. The Morgan fingerprint density at radius 1 is 0.345 bits per heavy atom. The lowest BCUT2D eigenvalue weighted by Gasteiger charge is -2.09. The van der Waals surface area contributed by atoms with Crippen molar-refractivity contribution in [2.45, 2.75) is 44.9 Å². The third-order valence-electron chi connectivity index (χ3n) is 6.99. The second-order valence-electron chi connectivity index (χ2n) is 11.7. The van der Waals surface area contributed by atoms with Crippen molar-refractivity contribution in [1.82, 2.24) is 5.32 Å². The summed E-state index contributed by atoms with van der Waals surface area (Å²) in [6.45, 7) is 13.9. The van der Waals surface area contributed by atoms with E-state index < -0.39 is 5.97 Å². The van der Waals surface area contributed by atoms with Crippen molar-refractivity contribution in [2.24, 2.45) is 0 Å². The highest BCUT2D eigenvalue weighted by atomic mass is 127. The van der Waals surface area contributed by atoms with Gasteiger partial charge in [-0.05, 0) is 23.7 Å². The van der Waals surface area contributed by atoms with E-state index in [1.807, 2.05) is 0 Å². The first-order valence-electron chi connectivity index (χ1n) is 19.7. The van der Waals surface area contributed by atoms with Gasteiger partial charge < -0.3 is 72.0 Å². The Labute approximate surface area is 342 Å². The SMILES string of the molecule is O=C(O)CCC(=O)NCCCOCCOCCOCCOCCOCCOCCOCCOCCOCCOCCOCCOCCOCCCCCCI. The molecule has 55 heavy (non-hydrogen) atoms. The number of halogens is 1. The number of carbonyl (C=O) groups excluding carboxylic acids is 1. The van der Waals surface area contributed by atoms with Crippen molar-refractivity contribution in [3.8, 4) is 0 Å². The molecule has 1 amide bonds. The predicted molar refractivity (Wildman–Crippen MR) is 212 cm³/mol. The van der Waals surface area contributed by atoms with Crippen molar-refractivity contribution in [3.63, 3.8) is 0 Å². The molecule has 328 valence electrons. The number of carboxylic acid groups (broad SMARTS) is 1. The summed E-state index contributed by atoms with van der Waals surface area (Å²) in [7, 11) is 0. The van der Waals surface area contributed by atoms with Gasteiger partial charge in [0.25, 0.3) is 0 Å². The van der Waals surface area contributed by atoms with Crippen molar-refractivity contribution >= 4 is 34.5 Å². The van der Waals surface area contributed by atoms with Crippen LogP contribution in [-0.2, 0) is 71.2 Å². The van der Waals surface area contributed by atoms with Crippen LogP contribution in [0.4, 0.5) is 0 Å². The van der Waals surface area contributed by atoms with Crippen LogP contribution in [0.25, 0.3) is 0 Å². The van der Waals surface area contributed by atoms with Crippen LogP contribution < -0.4 is 5.32 Å². The molecule has 17 nitrogen and oxygen atoms in total. The third-order valence-corrected chi connectivity index (χ3v) is 7.75. The number of hydrogen-bond donors (Lipinski definition) is 2. The maximum absolute atomic E-state index is 11.4. The number of ether oxygens (including phenoxy) is 13. The summed E-state index contributed by atoms with van der Waals surface area (Å²) >= 11 is 2.42. The van der Waals surface area contributed by atoms with Gasteiger partial charge in [0.15, 0.2) is 0 Å². The Bertz CT molecular complexity index is 777. The molecule has 0 heterocycles. The molecule has 0 rings (SSSR count). The number of alkyl halides is 1. The number of carboxylic acids is 1. The lowest BCUT2D eigenvalue weighted by Crippen LogP contribution is -2.25. The summed E-state index contributed by atoms with van der Waals surface area (Å²) in [4.78, 5) is 21.8. The van der Waals surface area contributed by atoms with Gasteiger partial charge in [0, 0.05) is 26.2 Å². The van der Waals surface area contributed by atoms with Gasteiger partial charge in [0.05, 0.1) is 165 Å². The molecule has 0 aliphatic carbocycles. The highest BCUT2D eigenvalue weighted by molar-refractivity contribution is 14.1. The van der Waals surface area contributed by atoms with Gasteiger partial charge in [-0.3, -0.25) is 9.59 Å². The minimum Gasteiger partial charge on any atom is -0.481 e. The molecule has 0 aromatic heterocycles. The molecule has 0 aliphatic rings. The summed E-state index contributed by atoms with van der Waals surface area (Å²) in [5.74, 6) is -1.25. The number of rotatable bonds is 49. The molecule has 0 radical (unpaired) electrons. The van der Waals surface area contributed by atoms with E-state index in [9.17, 15) is 9.59 Å². The topological polar surface area (TPSA) is 186 Å². The largest absolute Gasteiger partial charge is 0.481 e. The van der Waals surface area contributed by atoms with Gasteiger partial charge in [0.1, 0.15) is 0 Å². The van der Waals surface area contributed by atoms with E-state index >= 15 is 0 Å². The van der Waals surface area contributed by atoms with Gasteiger partial charge >= 0.3 is 5.97 Å². The summed E-state index contributed by atoms with van der Waals surface area (Å²) in [5, 5.41) is 11.2. The number of unbranched alkanes of at least 4 members (excludes halogenated alkanes) is 3. The minimum absolute atomic E-state index is 0.0111. The van der Waals surface area contributed by atoms with Gasteiger partial charge in [0.2, 0.25) is 5.91 Å². The molecule has 0 atom stereocenters. The molecule has 0 fully saturated rings. The fourth-order valence-corrected chi connectivity index (χ4v) is 4.64. The lowest BCUT2D eigenvalue weighted by atomic mass is 10.2. The number of hydrogen-bond acceptors (Lipinski definition) is 15. The minimum atomic E-state index is -0.983. The van der Waals surface area contributed by atoms with Crippen molar-refractivity contribution in [3.05, 3.63) is 0 Å². The van der Waals surface area contributed by atoms with E-state index in [4.69, 9.17) is 66.7 Å². The second kappa shape index (κ2) is 49.3. The van der Waals surface area contributed by atoms with Crippen LogP contribution in [0.15, 0.2) is 0 Å². The monoisotopic (exact) mass is 913 g/mol. The Kier molecular flexibility index (Phi) is 48.5. The quantitative estimate of drug-likeness (QED) is 0.0515. The number of aliphatic carboxylic acids is 1. The molecule has 0 spiro atoms. The first-order chi connectivity index (χ1) is 27.2. The normalized spacial score (nSPS) is 11.4. The zero-order chi connectivity index (χ0) is 39.8. The van der Waals surface area contributed by atoms with Crippen molar-refractivity contribution in [2.75, 3.05) is 183 Å². The maximum Gasteiger partial charge on any atom is 0.303 e. The molecule has 2 N–H and O–H groups in total. The predicted octanol–water partition coefficient (Wildman–Crippen LogP) is 2.57. The van der Waals surface area contributed by atoms with Crippen molar-refractivity contribution in [1.29, 1.82) is 0 Å². The average molecular weight is 914 g/mol. The standard InChI is InChI=1S/C37H72INO16/c38-8-3-1-2-4-10-43-12-14-45-16-18-47-20-22-49-24-26-51-28-30-53-32-34-55-35-33-54-31-29-52-27-25-50-23-21-48-19-17-46-15-13-44-11-5-9-39-36(40)6-7-37(41)42/h1-35H2,(H,39,40)(H,41,42). The first kappa shape index (κ1) is 54.2. The molecule has 0 aliphatic heterocycles. The lowest BCUT2D eigenvalue weighted by molar-refractivity contribution is -0.138. The highest BCUT2D eigenvalue weighted by Crippen LogP contribution is 2.02. The zero-order valence-electron chi connectivity index (χ0n) is 33.2. The Morgan fingerprint density at radius 2 is 0.600 bits per heavy atom. The van der Waals surface area contributed by atoms with Crippen LogP contribution in [0.2, 0.25) is 0 Å². The van der Waals surface area contributed by atoms with Crippen molar-refractivity contribution < 1.29 is 76.3 Å². The number of nitrogens with one attached hydrogen (secondary N) is 1. The zero-order valence-corrected chi connectivity index (χ0v) is 35.4. The van der Waals surface area contributed by atoms with E-state index in [0.29, 0.717) is 178 Å². The molecule has 0 aromatic rings. The Morgan fingerprint density at radius 3 is 0.873 bits per heavy atom. The Hall–Kier alpha value is -0.850. The van der Waals surface area contributed by atoms with Gasteiger partial charge in [-0.15, -0.1) is 0 Å². The second-order valence-corrected chi connectivity index (χ2v) is 12.7. The molecular weight excluding hydrogens is 841 g/mol. The molecule has 0 saturated carbocycles. The molecule has 0 saturated heterocycles. The molecule has 0 bridgehead atoms. The van der Waals surface area contributed by atoms with E-state index in [0.717, 1.165) is 13.0 Å². The van der Waals surface area contributed by atoms with Crippen LogP contribution >= 0.6 is 22.6 Å². The highest BCUT2D eigenvalue weighted by Gasteiger charge is 2.04.